The second-order valence-electron chi connectivity index (χ2n) is 3.98. The van der Waals surface area contributed by atoms with Crippen molar-refractivity contribution in [2.45, 2.75) is 19.3 Å². The molecule has 0 aliphatic heterocycles. The molecule has 3 N–H and O–H groups in total. The maximum absolute atomic E-state index is 5.77. The Kier molecular flexibility index (Phi) is 6.25. The first-order chi connectivity index (χ1) is 8.26. The zero-order chi connectivity index (χ0) is 12.5. The summed E-state index contributed by atoms with van der Waals surface area (Å²) in [6, 6.07) is 5.67. The molecule has 0 heterocycles. The normalized spacial score (nSPS) is 10.2. The lowest BCUT2D eigenvalue weighted by Crippen LogP contribution is -2.03. The molecule has 1 rings (SSSR count). The van der Waals surface area contributed by atoms with Crippen LogP contribution in [0, 0.1) is 0 Å². The monoisotopic (exact) mass is 238 g/mol. The van der Waals surface area contributed by atoms with Gasteiger partial charge in [0.1, 0.15) is 5.75 Å². The van der Waals surface area contributed by atoms with E-state index >= 15 is 0 Å². The number of rotatable bonds is 8. The molecule has 1 aromatic carbocycles. The summed E-state index contributed by atoms with van der Waals surface area (Å²) in [4.78, 5) is 0. The summed E-state index contributed by atoms with van der Waals surface area (Å²) >= 11 is 0. The molecular weight excluding hydrogens is 216 g/mol. The van der Waals surface area contributed by atoms with Crippen molar-refractivity contribution in [1.29, 1.82) is 0 Å². The third-order valence-corrected chi connectivity index (χ3v) is 2.52. The van der Waals surface area contributed by atoms with Crippen LogP contribution in [-0.4, -0.2) is 27.4 Å². The molecule has 0 saturated carbocycles. The Balaban J connectivity index is 2.28. The van der Waals surface area contributed by atoms with Gasteiger partial charge in [-0.05, 0) is 25.3 Å². The Morgan fingerprint density at radius 1 is 1.12 bits per heavy atom. The zero-order valence-corrected chi connectivity index (χ0v) is 10.7. The van der Waals surface area contributed by atoms with Gasteiger partial charge in [-0.1, -0.05) is 0 Å². The first-order valence-corrected chi connectivity index (χ1v) is 5.93. The average molecular weight is 238 g/mol. The number of nitrogens with two attached hydrogens (primary N) is 1. The number of anilines is 2. The van der Waals surface area contributed by atoms with Crippen LogP contribution in [0.1, 0.15) is 19.3 Å². The van der Waals surface area contributed by atoms with Gasteiger partial charge in [-0.2, -0.15) is 0 Å². The molecule has 96 valence electrons. The summed E-state index contributed by atoms with van der Waals surface area (Å²) < 4.78 is 10.2. The third-order valence-electron chi connectivity index (χ3n) is 2.52. The van der Waals surface area contributed by atoms with Gasteiger partial charge in [0.05, 0.1) is 7.11 Å². The van der Waals surface area contributed by atoms with E-state index in [-0.39, 0.29) is 0 Å². The molecule has 4 nitrogen and oxygen atoms in total. The molecule has 0 unspecified atom stereocenters. The second-order valence-corrected chi connectivity index (χ2v) is 3.98. The van der Waals surface area contributed by atoms with Crippen LogP contribution in [0.25, 0.3) is 0 Å². The van der Waals surface area contributed by atoms with Gasteiger partial charge in [0.2, 0.25) is 0 Å². The van der Waals surface area contributed by atoms with Crippen LogP contribution in [0.4, 0.5) is 11.4 Å². The largest absolute Gasteiger partial charge is 0.497 e. The first kappa shape index (κ1) is 13.6. The van der Waals surface area contributed by atoms with Gasteiger partial charge in [-0.15, -0.1) is 0 Å². The van der Waals surface area contributed by atoms with Crippen LogP contribution in [-0.2, 0) is 4.74 Å². The predicted molar refractivity (Wildman–Crippen MR) is 71.6 cm³/mol. The lowest BCUT2D eigenvalue weighted by molar-refractivity contribution is 0.192. The fourth-order valence-corrected chi connectivity index (χ4v) is 1.62. The average Bonchev–Trinajstić information content (AvgIpc) is 2.33. The van der Waals surface area contributed by atoms with Gasteiger partial charge in [0.15, 0.2) is 0 Å². The van der Waals surface area contributed by atoms with E-state index in [9.17, 15) is 0 Å². The van der Waals surface area contributed by atoms with E-state index in [0.717, 1.165) is 37.4 Å². The molecule has 1 aromatic rings. The standard InChI is InChI=1S/C13H22N2O2/c1-16-7-5-3-4-6-15-12-8-11(14)9-13(10-12)17-2/h8-10,15H,3-7,14H2,1-2H3. The van der Waals surface area contributed by atoms with Crippen LogP contribution in [0.2, 0.25) is 0 Å². The molecule has 0 radical (unpaired) electrons. The van der Waals surface area contributed by atoms with E-state index in [1.54, 1.807) is 14.2 Å². The minimum absolute atomic E-state index is 0.714. The van der Waals surface area contributed by atoms with Crippen LogP contribution >= 0.6 is 0 Å². The highest BCUT2D eigenvalue weighted by Crippen LogP contribution is 2.22. The highest BCUT2D eigenvalue weighted by Gasteiger charge is 1.98. The number of hydrogen-bond acceptors (Lipinski definition) is 4. The quantitative estimate of drug-likeness (QED) is 0.539. The highest BCUT2D eigenvalue weighted by atomic mass is 16.5. The van der Waals surface area contributed by atoms with Crippen molar-refractivity contribution in [2.75, 3.05) is 38.4 Å². The number of hydrogen-bond donors (Lipinski definition) is 2. The summed E-state index contributed by atoms with van der Waals surface area (Å²) in [6.07, 6.45) is 3.40. The fourth-order valence-electron chi connectivity index (χ4n) is 1.62. The van der Waals surface area contributed by atoms with Crippen LogP contribution in [0.15, 0.2) is 18.2 Å². The summed E-state index contributed by atoms with van der Waals surface area (Å²) in [5, 5.41) is 3.34. The van der Waals surface area contributed by atoms with Crippen molar-refractivity contribution in [3.8, 4) is 5.75 Å². The maximum Gasteiger partial charge on any atom is 0.122 e. The zero-order valence-electron chi connectivity index (χ0n) is 10.7. The van der Waals surface area contributed by atoms with Gasteiger partial charge in [-0.3, -0.25) is 0 Å². The topological polar surface area (TPSA) is 56.5 Å². The van der Waals surface area contributed by atoms with Crippen LogP contribution in [0.3, 0.4) is 0 Å². The molecule has 17 heavy (non-hydrogen) atoms. The van der Waals surface area contributed by atoms with E-state index < -0.39 is 0 Å². The Bertz CT molecular complexity index is 329. The molecule has 0 atom stereocenters. The number of methoxy groups -OCH3 is 2. The lowest BCUT2D eigenvalue weighted by atomic mass is 10.2. The van der Waals surface area contributed by atoms with Crippen molar-refractivity contribution >= 4 is 11.4 Å². The Hall–Kier alpha value is -1.42. The number of unbranched alkanes of at least 4 members (excludes halogenated alkanes) is 2. The summed E-state index contributed by atoms with van der Waals surface area (Å²) in [5.41, 5.74) is 7.49. The minimum Gasteiger partial charge on any atom is -0.497 e. The molecule has 0 aromatic heterocycles. The van der Waals surface area contributed by atoms with Gasteiger partial charge in [0.25, 0.3) is 0 Å². The van der Waals surface area contributed by atoms with Crippen molar-refractivity contribution < 1.29 is 9.47 Å². The van der Waals surface area contributed by atoms with E-state index in [2.05, 4.69) is 5.32 Å². The second kappa shape index (κ2) is 7.79. The van der Waals surface area contributed by atoms with Crippen molar-refractivity contribution in [3.05, 3.63) is 18.2 Å². The molecule has 0 spiro atoms. The van der Waals surface area contributed by atoms with Crippen molar-refractivity contribution in [3.63, 3.8) is 0 Å². The Morgan fingerprint density at radius 3 is 2.65 bits per heavy atom. The van der Waals surface area contributed by atoms with Gasteiger partial charge in [-0.25, -0.2) is 0 Å². The van der Waals surface area contributed by atoms with E-state index in [1.165, 1.54) is 6.42 Å². The third kappa shape index (κ3) is 5.45. The van der Waals surface area contributed by atoms with Crippen LogP contribution in [0.5, 0.6) is 5.75 Å². The predicted octanol–water partition coefficient (Wildman–Crippen LogP) is 2.51. The smallest absolute Gasteiger partial charge is 0.122 e. The van der Waals surface area contributed by atoms with Crippen LogP contribution < -0.4 is 15.8 Å². The maximum atomic E-state index is 5.77. The van der Waals surface area contributed by atoms with Gasteiger partial charge in [0, 0.05) is 43.8 Å². The molecule has 0 fully saturated rings. The van der Waals surface area contributed by atoms with Crippen molar-refractivity contribution in [1.82, 2.24) is 0 Å². The summed E-state index contributed by atoms with van der Waals surface area (Å²) in [5.74, 6) is 0.784. The first-order valence-electron chi connectivity index (χ1n) is 5.93. The summed E-state index contributed by atoms with van der Waals surface area (Å²) in [6.45, 7) is 1.78. The summed E-state index contributed by atoms with van der Waals surface area (Å²) in [7, 11) is 3.38. The molecule has 0 amide bonds. The lowest BCUT2D eigenvalue weighted by Gasteiger charge is -2.09. The van der Waals surface area contributed by atoms with E-state index in [1.807, 2.05) is 18.2 Å². The highest BCUT2D eigenvalue weighted by molar-refractivity contribution is 5.59. The molecule has 0 saturated heterocycles. The Labute approximate surface area is 103 Å². The fraction of sp³-hybridized carbons (Fsp3) is 0.538. The molecule has 4 heteroatoms. The molecule has 0 bridgehead atoms. The molecule has 0 aliphatic rings. The van der Waals surface area contributed by atoms with E-state index in [0.29, 0.717) is 5.69 Å². The number of nitrogens with one attached hydrogen (secondary N) is 1. The van der Waals surface area contributed by atoms with Gasteiger partial charge >= 0.3 is 0 Å². The molecule has 0 aliphatic carbocycles. The Morgan fingerprint density at radius 2 is 1.94 bits per heavy atom. The number of benzene rings is 1. The number of ether oxygens (including phenoxy) is 2. The molecular formula is C13H22N2O2. The van der Waals surface area contributed by atoms with Crippen molar-refractivity contribution in [2.24, 2.45) is 0 Å². The number of nitrogen functional groups attached to an aromatic ring is 1. The minimum atomic E-state index is 0.714. The van der Waals surface area contributed by atoms with E-state index in [4.69, 9.17) is 15.2 Å². The SMILES string of the molecule is COCCCCCNc1cc(N)cc(OC)c1. The van der Waals surface area contributed by atoms with Gasteiger partial charge < -0.3 is 20.5 Å².